The highest BCUT2D eigenvalue weighted by Gasteiger charge is 2.71. The van der Waals surface area contributed by atoms with Crippen molar-refractivity contribution in [2.45, 2.75) is 95.0 Å². The van der Waals surface area contributed by atoms with Crippen LogP contribution in [0.3, 0.4) is 0 Å². The lowest BCUT2D eigenvalue weighted by atomic mass is 9.46. The molecule has 0 radical (unpaired) electrons. The number of ketones is 1. The molecule has 3 saturated carbocycles. The second-order valence-electron chi connectivity index (χ2n) is 12.3. The second kappa shape index (κ2) is 11.3. The van der Waals surface area contributed by atoms with E-state index < -0.39 is 44.3 Å². The molecule has 9 atom stereocenters. The average Bonchev–Trinajstić information content (AvgIpc) is 3.42. The van der Waals surface area contributed by atoms with Crippen LogP contribution in [0.15, 0.2) is 23.8 Å². The van der Waals surface area contributed by atoms with Gasteiger partial charge in [0.15, 0.2) is 11.8 Å². The molecule has 0 aromatic carbocycles. The van der Waals surface area contributed by atoms with E-state index in [2.05, 4.69) is 6.92 Å². The van der Waals surface area contributed by atoms with Crippen molar-refractivity contribution in [2.75, 3.05) is 11.8 Å². The fourth-order valence-electron chi connectivity index (χ4n) is 8.61. The number of alkyl halides is 1. The van der Waals surface area contributed by atoms with E-state index in [1.54, 1.807) is 12.2 Å². The molecule has 39 heavy (non-hydrogen) atoms. The molecular weight excluding hydrogens is 560 g/mol. The zero-order chi connectivity index (χ0) is 28.0. The number of esters is 2. The van der Waals surface area contributed by atoms with Crippen molar-refractivity contribution in [1.29, 1.82) is 0 Å². The number of allylic oxidation sites excluding steroid dienone is 4. The van der Waals surface area contributed by atoms with Gasteiger partial charge in [-0.2, -0.15) is 0 Å². The Bertz CT molecular complexity index is 1110. The molecule has 1 N–H and O–H groups in total. The summed E-state index contributed by atoms with van der Waals surface area (Å²) in [6, 6.07) is -0.338. The van der Waals surface area contributed by atoms with Crippen molar-refractivity contribution < 1.29 is 33.2 Å². The maximum absolute atomic E-state index is 13.5. The Balaban J connectivity index is 1.34. The maximum atomic E-state index is 13.5. The summed E-state index contributed by atoms with van der Waals surface area (Å²) in [5.41, 5.74) is -1.67. The van der Waals surface area contributed by atoms with Crippen LogP contribution in [0.4, 0.5) is 0 Å². The van der Waals surface area contributed by atoms with E-state index in [1.807, 2.05) is 13.0 Å². The van der Waals surface area contributed by atoms with E-state index in [9.17, 15) is 23.7 Å². The first kappa shape index (κ1) is 29.3. The Morgan fingerprint density at radius 3 is 2.74 bits per heavy atom. The van der Waals surface area contributed by atoms with Crippen LogP contribution in [0.5, 0.6) is 0 Å². The van der Waals surface area contributed by atoms with Crippen molar-refractivity contribution in [1.82, 2.24) is 0 Å². The Morgan fingerprint density at radius 2 is 2.03 bits per heavy atom. The minimum atomic E-state index is -1.51. The summed E-state index contributed by atoms with van der Waals surface area (Å²) in [5, 5.41) is 11.9. The van der Waals surface area contributed by atoms with E-state index >= 15 is 0 Å². The number of hydrogen-bond acceptors (Lipinski definition) is 8. The third-order valence-electron chi connectivity index (χ3n) is 10.5. The number of unbranched alkanes of at least 4 members (excludes halogenated alkanes) is 1. The molecule has 0 bridgehead atoms. The molecule has 5 rings (SSSR count). The van der Waals surface area contributed by atoms with E-state index in [-0.39, 0.29) is 41.3 Å². The summed E-state index contributed by atoms with van der Waals surface area (Å²) in [6.45, 7) is 4.07. The van der Waals surface area contributed by atoms with Crippen molar-refractivity contribution in [3.05, 3.63) is 23.8 Å². The first-order valence-electron chi connectivity index (χ1n) is 14.2. The third-order valence-corrected chi connectivity index (χ3v) is 14.3. The van der Waals surface area contributed by atoms with Gasteiger partial charge in [-0.25, -0.2) is 9.00 Å². The highest BCUT2D eigenvalue weighted by Crippen LogP contribution is 2.68. The van der Waals surface area contributed by atoms with Gasteiger partial charge >= 0.3 is 11.9 Å². The smallest absolute Gasteiger partial charge is 0.352 e. The monoisotopic (exact) mass is 598 g/mol. The molecule has 7 nitrogen and oxygen atoms in total. The predicted molar refractivity (Wildman–Crippen MR) is 151 cm³/mol. The quantitative estimate of drug-likeness (QED) is 0.180. The first-order chi connectivity index (χ1) is 18.6. The number of halogens is 1. The number of carbonyl (C=O) groups is 3. The van der Waals surface area contributed by atoms with Crippen LogP contribution in [0.2, 0.25) is 0 Å². The minimum Gasteiger partial charge on any atom is -0.446 e. The Hall–Kier alpha value is -1.16. The standard InChI is InChI=1S/C29H39ClO7S2/c1-27-12-9-19(31)15-18(27)7-8-21-22-10-13-29(26(34)36-17-30,28(22,2)16-23(32)25(21)27)37-24(33)6-4-3-5-20-11-14-38-39(20)35/h9,12,15,20-23,25,32H,3-8,10-11,13-14,16-17H2,1-2H3/t20-,21+,22+,23+,25-,27+,28+,29+,39?/m1/s1. The Morgan fingerprint density at radius 1 is 1.23 bits per heavy atom. The number of aliphatic hydroxyl groups is 1. The minimum absolute atomic E-state index is 0.0120. The highest BCUT2D eigenvalue weighted by molar-refractivity contribution is 8.69. The lowest BCUT2D eigenvalue weighted by molar-refractivity contribution is -0.212. The fraction of sp³-hybridized carbons (Fsp3) is 0.759. The summed E-state index contributed by atoms with van der Waals surface area (Å²) in [4.78, 5) is 38.8. The van der Waals surface area contributed by atoms with Crippen LogP contribution in [-0.4, -0.2) is 55.8 Å². The van der Waals surface area contributed by atoms with Crippen molar-refractivity contribution in [3.63, 3.8) is 0 Å². The molecule has 0 amide bonds. The normalized spacial score (nSPS) is 42.8. The highest BCUT2D eigenvalue weighted by atomic mass is 35.5. The molecule has 0 aromatic heterocycles. The van der Waals surface area contributed by atoms with Crippen molar-refractivity contribution >= 4 is 49.9 Å². The number of carbonyl (C=O) groups excluding carboxylic acids is 3. The van der Waals surface area contributed by atoms with Gasteiger partial charge in [-0.3, -0.25) is 9.59 Å². The van der Waals surface area contributed by atoms with Gasteiger partial charge in [0, 0.05) is 34.2 Å². The molecule has 0 aromatic rings. The lowest BCUT2D eigenvalue weighted by Gasteiger charge is -2.59. The van der Waals surface area contributed by atoms with Gasteiger partial charge in [0.1, 0.15) is 0 Å². The van der Waals surface area contributed by atoms with Gasteiger partial charge in [-0.05, 0) is 75.4 Å². The SMILES string of the molecule is C[C@]12C=CC(=O)C=C1CC[C@@H]1[C@@H]2[C@@H](O)C[C@@]2(C)[C@H]1CC[C@]2(OC(=O)CCCC[C@@H]1CCSS1=O)C(=O)OCCl. The van der Waals surface area contributed by atoms with Crippen LogP contribution in [0.1, 0.15) is 78.1 Å². The predicted octanol–water partition coefficient (Wildman–Crippen LogP) is 5.02. The van der Waals surface area contributed by atoms with E-state index in [0.717, 1.165) is 43.4 Å². The lowest BCUT2D eigenvalue weighted by Crippen LogP contribution is -2.62. The molecule has 216 valence electrons. The maximum Gasteiger partial charge on any atom is 0.352 e. The molecule has 1 unspecified atom stereocenters. The van der Waals surface area contributed by atoms with Crippen molar-refractivity contribution in [3.8, 4) is 0 Å². The summed E-state index contributed by atoms with van der Waals surface area (Å²) in [5.74, 6) is -0.114. The van der Waals surface area contributed by atoms with E-state index in [4.69, 9.17) is 21.1 Å². The first-order valence-corrected chi connectivity index (χ1v) is 17.4. The molecular formula is C29H39ClO7S2. The summed E-state index contributed by atoms with van der Waals surface area (Å²) in [7, 11) is 0.659. The van der Waals surface area contributed by atoms with Crippen molar-refractivity contribution in [2.24, 2.45) is 28.6 Å². The van der Waals surface area contributed by atoms with Gasteiger partial charge in [-0.1, -0.05) is 54.3 Å². The second-order valence-corrected chi connectivity index (χ2v) is 16.1. The van der Waals surface area contributed by atoms with Gasteiger partial charge in [-0.15, -0.1) is 0 Å². The van der Waals surface area contributed by atoms with Gasteiger partial charge < -0.3 is 14.6 Å². The van der Waals surface area contributed by atoms with Gasteiger partial charge in [0.25, 0.3) is 0 Å². The zero-order valence-corrected chi connectivity index (χ0v) is 25.1. The number of rotatable bonds is 8. The van der Waals surface area contributed by atoms with Gasteiger partial charge in [0.05, 0.1) is 15.9 Å². The van der Waals surface area contributed by atoms with Crippen LogP contribution < -0.4 is 0 Å². The topological polar surface area (TPSA) is 107 Å². The molecule has 4 aliphatic carbocycles. The number of hydrogen-bond donors (Lipinski definition) is 1. The van der Waals surface area contributed by atoms with Gasteiger partial charge in [0.2, 0.25) is 5.60 Å². The largest absolute Gasteiger partial charge is 0.446 e. The molecule has 1 heterocycles. The third kappa shape index (κ3) is 4.97. The van der Waals surface area contributed by atoms with E-state index in [1.165, 1.54) is 10.8 Å². The number of ether oxygens (including phenoxy) is 2. The van der Waals surface area contributed by atoms with Crippen LogP contribution in [-0.2, 0) is 33.7 Å². The van der Waals surface area contributed by atoms with Crippen LogP contribution in [0, 0.1) is 28.6 Å². The molecule has 10 heteroatoms. The fourth-order valence-corrected chi connectivity index (χ4v) is 12.2. The van der Waals surface area contributed by atoms with Crippen LogP contribution in [0.25, 0.3) is 0 Å². The average molecular weight is 599 g/mol. The molecule has 1 aliphatic heterocycles. The van der Waals surface area contributed by atoms with Crippen LogP contribution >= 0.6 is 22.4 Å². The summed E-state index contributed by atoms with van der Waals surface area (Å²) >= 11 is 5.82. The number of aliphatic hydroxyl groups excluding tert-OH is 1. The molecule has 0 spiro atoms. The Labute approximate surface area is 241 Å². The Kier molecular flexibility index (Phi) is 8.47. The molecule has 4 fully saturated rings. The summed E-state index contributed by atoms with van der Waals surface area (Å²) < 4.78 is 23.4. The zero-order valence-electron chi connectivity index (χ0n) is 22.7. The summed E-state index contributed by atoms with van der Waals surface area (Å²) in [6.07, 6.45) is 10.7. The molecule has 1 saturated heterocycles. The number of fused-ring (bicyclic) bond motifs is 5. The van der Waals surface area contributed by atoms with E-state index in [0.29, 0.717) is 25.7 Å². The molecule has 5 aliphatic rings.